The van der Waals surface area contributed by atoms with Crippen molar-refractivity contribution in [1.82, 2.24) is 0 Å². The molecule has 1 aliphatic heterocycles. The molecule has 2 aromatic heterocycles. The van der Waals surface area contributed by atoms with Crippen LogP contribution in [0.4, 0.5) is 0 Å². The van der Waals surface area contributed by atoms with Crippen LogP contribution in [-0.2, 0) is 11.2 Å². The molecule has 3 heterocycles. The minimum Gasteiger partial charge on any atom is -0.507 e. The molecule has 2 aliphatic rings. The van der Waals surface area contributed by atoms with E-state index >= 15 is 0 Å². The maximum atomic E-state index is 12.7. The van der Waals surface area contributed by atoms with E-state index in [0.717, 1.165) is 50.0 Å². The lowest BCUT2D eigenvalue weighted by molar-refractivity contribution is -0.00187. The first-order valence-corrected chi connectivity index (χ1v) is 11.0. The Bertz CT molecular complexity index is 813. The van der Waals surface area contributed by atoms with Gasteiger partial charge in [-0.3, -0.25) is 0 Å². The zero-order chi connectivity index (χ0) is 18.9. The number of ether oxygens (including phenoxy) is 1. The van der Waals surface area contributed by atoms with Gasteiger partial charge in [0.15, 0.2) is 0 Å². The largest absolute Gasteiger partial charge is 0.507 e. The van der Waals surface area contributed by atoms with Gasteiger partial charge in [-0.05, 0) is 61.8 Å². The first-order valence-electron chi connectivity index (χ1n) is 10.1. The molecule has 0 radical (unpaired) electrons. The van der Waals surface area contributed by atoms with Gasteiger partial charge in [-0.25, -0.2) is 4.79 Å². The molecular weight excluding hydrogens is 360 g/mol. The summed E-state index contributed by atoms with van der Waals surface area (Å²) in [5.74, 6) is 0.572. The van der Waals surface area contributed by atoms with Gasteiger partial charge in [0.2, 0.25) is 0 Å². The first kappa shape index (κ1) is 18.8. The van der Waals surface area contributed by atoms with Crippen molar-refractivity contribution in [2.75, 3.05) is 6.61 Å². The summed E-state index contributed by atoms with van der Waals surface area (Å²) < 4.78 is 11.6. The lowest BCUT2D eigenvalue weighted by Crippen LogP contribution is -2.24. The van der Waals surface area contributed by atoms with E-state index in [1.165, 1.54) is 6.42 Å². The van der Waals surface area contributed by atoms with E-state index in [4.69, 9.17) is 9.15 Å². The minimum atomic E-state index is -0.394. The third-order valence-corrected chi connectivity index (χ3v) is 7.09. The van der Waals surface area contributed by atoms with Gasteiger partial charge in [-0.2, -0.15) is 0 Å². The molecule has 2 unspecified atom stereocenters. The highest BCUT2D eigenvalue weighted by molar-refractivity contribution is 7.10. The second kappa shape index (κ2) is 7.80. The predicted octanol–water partition coefficient (Wildman–Crippen LogP) is 5.23. The van der Waals surface area contributed by atoms with Gasteiger partial charge in [0.1, 0.15) is 11.5 Å². The Balaban J connectivity index is 1.52. The lowest BCUT2D eigenvalue weighted by Gasteiger charge is -2.26. The van der Waals surface area contributed by atoms with Crippen LogP contribution in [0.15, 0.2) is 32.8 Å². The van der Waals surface area contributed by atoms with Crippen LogP contribution in [0.1, 0.15) is 74.0 Å². The van der Waals surface area contributed by atoms with E-state index in [2.05, 4.69) is 0 Å². The summed E-state index contributed by atoms with van der Waals surface area (Å²) in [6, 6.07) is 5.66. The molecule has 5 heteroatoms. The number of aromatic hydroxyl groups is 1. The summed E-state index contributed by atoms with van der Waals surface area (Å²) in [4.78, 5) is 13.8. The normalized spacial score (nSPS) is 22.5. The van der Waals surface area contributed by atoms with Gasteiger partial charge in [0, 0.05) is 29.9 Å². The van der Waals surface area contributed by atoms with Crippen LogP contribution in [-0.4, -0.2) is 17.8 Å². The van der Waals surface area contributed by atoms with Gasteiger partial charge >= 0.3 is 5.63 Å². The molecule has 1 aliphatic carbocycles. The van der Waals surface area contributed by atoms with Gasteiger partial charge in [-0.15, -0.1) is 11.3 Å². The van der Waals surface area contributed by atoms with Crippen molar-refractivity contribution < 1.29 is 14.3 Å². The van der Waals surface area contributed by atoms with Crippen molar-refractivity contribution in [3.05, 3.63) is 50.2 Å². The molecule has 0 spiro atoms. The average molecular weight is 389 g/mol. The van der Waals surface area contributed by atoms with Crippen molar-refractivity contribution >= 4 is 11.3 Å². The summed E-state index contributed by atoms with van der Waals surface area (Å²) in [5, 5.41) is 12.6. The number of hydrogen-bond acceptors (Lipinski definition) is 5. The van der Waals surface area contributed by atoms with E-state index < -0.39 is 5.63 Å². The topological polar surface area (TPSA) is 59.7 Å². The van der Waals surface area contributed by atoms with Crippen LogP contribution in [0.2, 0.25) is 0 Å². The molecule has 27 heavy (non-hydrogen) atoms. The van der Waals surface area contributed by atoms with Crippen molar-refractivity contribution in [1.29, 1.82) is 0 Å². The Hall–Kier alpha value is -1.59. The molecule has 0 bridgehead atoms. The van der Waals surface area contributed by atoms with Crippen LogP contribution in [0, 0.1) is 5.41 Å². The third kappa shape index (κ3) is 4.14. The van der Waals surface area contributed by atoms with E-state index in [-0.39, 0.29) is 17.1 Å². The van der Waals surface area contributed by atoms with Gasteiger partial charge in [0.05, 0.1) is 11.7 Å². The van der Waals surface area contributed by atoms with E-state index in [0.29, 0.717) is 23.8 Å². The fraction of sp³-hybridized carbons (Fsp3) is 0.591. The van der Waals surface area contributed by atoms with Crippen molar-refractivity contribution in [2.45, 2.75) is 70.3 Å². The molecule has 4 rings (SSSR count). The zero-order valence-electron chi connectivity index (χ0n) is 15.9. The number of thiophene rings is 1. The maximum Gasteiger partial charge on any atom is 0.343 e. The second-order valence-electron chi connectivity index (χ2n) is 8.14. The Kier molecular flexibility index (Phi) is 5.42. The molecule has 1 saturated carbocycles. The zero-order valence-corrected chi connectivity index (χ0v) is 16.7. The van der Waals surface area contributed by atoms with Crippen LogP contribution < -0.4 is 5.63 Å². The quantitative estimate of drug-likeness (QED) is 0.705. The molecule has 4 nitrogen and oxygen atoms in total. The van der Waals surface area contributed by atoms with Crippen LogP contribution in [0.3, 0.4) is 0 Å². The summed E-state index contributed by atoms with van der Waals surface area (Å²) in [7, 11) is 0. The van der Waals surface area contributed by atoms with E-state index in [1.54, 1.807) is 17.4 Å². The van der Waals surface area contributed by atoms with E-state index in [1.807, 2.05) is 24.4 Å². The third-order valence-electron chi connectivity index (χ3n) is 6.10. The molecule has 2 aromatic rings. The monoisotopic (exact) mass is 388 g/mol. The maximum absolute atomic E-state index is 12.7. The highest BCUT2D eigenvalue weighted by atomic mass is 32.1. The highest BCUT2D eigenvalue weighted by Crippen LogP contribution is 2.53. The van der Waals surface area contributed by atoms with Crippen LogP contribution in [0.5, 0.6) is 5.75 Å². The minimum absolute atomic E-state index is 0.0752. The fourth-order valence-corrected chi connectivity index (χ4v) is 5.35. The first-order chi connectivity index (χ1) is 13.1. The molecule has 0 amide bonds. The van der Waals surface area contributed by atoms with Gasteiger partial charge < -0.3 is 14.3 Å². The Morgan fingerprint density at radius 2 is 2.22 bits per heavy atom. The average Bonchev–Trinajstić information content (AvgIpc) is 3.17. The van der Waals surface area contributed by atoms with Gasteiger partial charge in [0.25, 0.3) is 0 Å². The molecule has 0 aromatic carbocycles. The summed E-state index contributed by atoms with van der Waals surface area (Å²) in [5.41, 5.74) is 0.184. The molecule has 2 fully saturated rings. The smallest absolute Gasteiger partial charge is 0.343 e. The SMILES string of the molecule is CCC(c1cccs1)c1c(O)cc(CC2(CC3CCCCO3)CC2)oc1=O. The Labute approximate surface area is 164 Å². The number of rotatable bonds is 7. The number of hydrogen-bond donors (Lipinski definition) is 1. The van der Waals surface area contributed by atoms with Crippen LogP contribution >= 0.6 is 11.3 Å². The lowest BCUT2D eigenvalue weighted by atomic mass is 9.90. The van der Waals surface area contributed by atoms with E-state index in [9.17, 15) is 9.90 Å². The van der Waals surface area contributed by atoms with Crippen molar-refractivity contribution in [3.63, 3.8) is 0 Å². The Morgan fingerprint density at radius 1 is 1.37 bits per heavy atom. The van der Waals surface area contributed by atoms with Crippen molar-refractivity contribution in [2.24, 2.45) is 5.41 Å². The second-order valence-corrected chi connectivity index (χ2v) is 9.12. The molecule has 1 saturated heterocycles. The summed E-state index contributed by atoms with van der Waals surface area (Å²) in [6.45, 7) is 2.90. The molecule has 2 atom stereocenters. The Morgan fingerprint density at radius 3 is 2.81 bits per heavy atom. The summed E-state index contributed by atoms with van der Waals surface area (Å²) in [6.07, 6.45) is 8.67. The molecule has 146 valence electrons. The summed E-state index contributed by atoms with van der Waals surface area (Å²) >= 11 is 1.61. The standard InChI is InChI=1S/C22H28O4S/c1-2-17(19-7-5-11-27-19)20-18(23)12-16(26-21(20)24)14-22(8-9-22)13-15-6-3-4-10-25-15/h5,7,11-12,15,17,23H,2-4,6,8-10,13-14H2,1H3. The molecular formula is C22H28O4S. The van der Waals surface area contributed by atoms with Crippen LogP contribution in [0.25, 0.3) is 0 Å². The fourth-order valence-electron chi connectivity index (χ4n) is 4.43. The van der Waals surface area contributed by atoms with Gasteiger partial charge in [-0.1, -0.05) is 13.0 Å². The van der Waals surface area contributed by atoms with Crippen molar-refractivity contribution in [3.8, 4) is 5.75 Å². The molecule has 1 N–H and O–H groups in total. The highest BCUT2D eigenvalue weighted by Gasteiger charge is 2.45. The predicted molar refractivity (Wildman–Crippen MR) is 107 cm³/mol.